The Hall–Kier alpha value is -2.68. The van der Waals surface area contributed by atoms with Crippen molar-refractivity contribution in [1.82, 2.24) is 10.2 Å². The average Bonchev–Trinajstić information content (AvgIpc) is 3.51. The van der Waals surface area contributed by atoms with Crippen LogP contribution in [0.25, 0.3) is 0 Å². The summed E-state index contributed by atoms with van der Waals surface area (Å²) in [6, 6.07) is 10.5. The number of nitrogens with zero attached hydrogens (tertiary/aromatic N) is 2. The number of aromatic nitrogens is 1. The van der Waals surface area contributed by atoms with Crippen molar-refractivity contribution in [2.75, 3.05) is 17.3 Å². The van der Waals surface area contributed by atoms with E-state index in [9.17, 15) is 29.4 Å². The molecule has 0 saturated carbocycles. The normalized spacial score (nSPS) is 18.6. The molecule has 2 aliphatic rings. The van der Waals surface area contributed by atoms with Gasteiger partial charge in [-0.15, -0.1) is 46.6 Å². The fourth-order valence-electron chi connectivity index (χ4n) is 4.57. The smallest absolute Gasteiger partial charge is 0.352 e. The van der Waals surface area contributed by atoms with E-state index in [2.05, 4.69) is 5.32 Å². The fourth-order valence-corrected chi connectivity index (χ4v) is 8.99. The lowest BCUT2D eigenvalue weighted by Gasteiger charge is -2.49. The Kier molecular flexibility index (Phi) is 10.3. The highest BCUT2D eigenvalue weighted by atomic mass is 35.5. The van der Waals surface area contributed by atoms with Crippen molar-refractivity contribution in [3.63, 3.8) is 0 Å². The zero-order valence-corrected chi connectivity index (χ0v) is 26.9. The van der Waals surface area contributed by atoms with Crippen LogP contribution in [0.5, 0.6) is 0 Å². The van der Waals surface area contributed by atoms with Gasteiger partial charge in [0.2, 0.25) is 11.9 Å². The largest absolute Gasteiger partial charge is 0.543 e. The van der Waals surface area contributed by atoms with Gasteiger partial charge in [-0.1, -0.05) is 29.3 Å². The summed E-state index contributed by atoms with van der Waals surface area (Å²) >= 11 is 17.6. The molecule has 2 amide bonds. The topological polar surface area (TPSA) is 131 Å². The molecule has 9 nitrogen and oxygen atoms in total. The van der Waals surface area contributed by atoms with Gasteiger partial charge in [0.1, 0.15) is 23.1 Å². The minimum atomic E-state index is -1.21. The lowest BCUT2D eigenvalue weighted by Crippen LogP contribution is -2.70. The van der Waals surface area contributed by atoms with Crippen LogP contribution in [0.2, 0.25) is 10.0 Å². The van der Waals surface area contributed by atoms with E-state index in [1.807, 2.05) is 17.5 Å². The Balaban J connectivity index is 1.19. The van der Waals surface area contributed by atoms with E-state index >= 15 is 0 Å². The molecule has 0 radical (unpaired) electrons. The van der Waals surface area contributed by atoms with Crippen molar-refractivity contribution >= 4 is 93.6 Å². The molecule has 4 heterocycles. The summed E-state index contributed by atoms with van der Waals surface area (Å²) in [7, 11) is 0. The number of thioether (sulfide) groups is 3. The number of carbonyl (C=O) groups is 4. The SMILES string of the molecule is O=C(CSc1cc(Cl)ccc1Cl)N[C@@H]1C(=O)N2C(C(=O)O)=C(CSc3cc[n+]([C@@H](Cc4cccs4)C(=O)[O-])cc3)CS[C@H]12. The molecule has 1 saturated heterocycles. The number of thiophene rings is 1. The van der Waals surface area contributed by atoms with Crippen LogP contribution in [-0.4, -0.2) is 62.4 Å². The number of carboxylic acid groups (broad SMARTS) is 2. The van der Waals surface area contributed by atoms with Gasteiger partial charge < -0.3 is 20.3 Å². The van der Waals surface area contributed by atoms with Gasteiger partial charge >= 0.3 is 5.97 Å². The van der Waals surface area contributed by atoms with Gasteiger partial charge in [0.15, 0.2) is 12.4 Å². The van der Waals surface area contributed by atoms with Gasteiger partial charge in [0.25, 0.3) is 5.91 Å². The lowest BCUT2D eigenvalue weighted by atomic mass is 10.0. The molecule has 0 spiro atoms. The Bertz CT molecular complexity index is 1590. The number of hydrogen-bond acceptors (Lipinski definition) is 9. The van der Waals surface area contributed by atoms with Crippen LogP contribution in [0.4, 0.5) is 0 Å². The van der Waals surface area contributed by atoms with Crippen LogP contribution in [0, 0.1) is 0 Å². The van der Waals surface area contributed by atoms with E-state index in [0.717, 1.165) is 9.77 Å². The number of hydrogen-bond donors (Lipinski definition) is 2. The van der Waals surface area contributed by atoms with Crippen molar-refractivity contribution < 1.29 is 34.0 Å². The molecule has 2 aromatic heterocycles. The number of pyridine rings is 1. The lowest BCUT2D eigenvalue weighted by molar-refractivity contribution is -0.715. The first-order chi connectivity index (χ1) is 20.6. The van der Waals surface area contributed by atoms with Crippen molar-refractivity contribution in [1.29, 1.82) is 0 Å². The minimum absolute atomic E-state index is 0.0135. The molecule has 3 atom stereocenters. The Labute approximate surface area is 273 Å². The molecule has 5 rings (SSSR count). The van der Waals surface area contributed by atoms with Crippen LogP contribution >= 0.6 is 69.8 Å². The number of amides is 2. The molecule has 2 N–H and O–H groups in total. The van der Waals surface area contributed by atoms with Crippen LogP contribution in [0.15, 0.2) is 81.3 Å². The summed E-state index contributed by atoms with van der Waals surface area (Å²) in [5, 5.41) is 26.8. The highest BCUT2D eigenvalue weighted by Crippen LogP contribution is 2.41. The highest BCUT2D eigenvalue weighted by Gasteiger charge is 2.54. The van der Waals surface area contributed by atoms with Gasteiger partial charge in [-0.2, -0.15) is 4.57 Å². The predicted octanol–water partition coefficient (Wildman–Crippen LogP) is 3.50. The monoisotopic (exact) mass is 695 g/mol. The second-order valence-corrected chi connectivity index (χ2v) is 14.5. The van der Waals surface area contributed by atoms with Crippen LogP contribution in [0.1, 0.15) is 10.9 Å². The van der Waals surface area contributed by atoms with E-state index in [4.69, 9.17) is 23.2 Å². The van der Waals surface area contributed by atoms with E-state index in [1.165, 1.54) is 51.5 Å². The predicted molar refractivity (Wildman–Crippen MR) is 166 cm³/mol. The van der Waals surface area contributed by atoms with Crippen LogP contribution < -0.4 is 15.0 Å². The summed E-state index contributed by atoms with van der Waals surface area (Å²) in [5.41, 5.74) is 0.524. The molecule has 224 valence electrons. The molecule has 0 unspecified atom stereocenters. The number of carbonyl (C=O) groups excluding carboxylic acids is 3. The molecule has 2 aliphatic heterocycles. The molecule has 3 aromatic rings. The number of rotatable bonds is 12. The zero-order valence-electron chi connectivity index (χ0n) is 22.1. The maximum Gasteiger partial charge on any atom is 0.352 e. The van der Waals surface area contributed by atoms with Gasteiger partial charge in [-0.25, -0.2) is 4.79 Å². The van der Waals surface area contributed by atoms with Gasteiger partial charge in [0, 0.05) is 49.8 Å². The number of carboxylic acids is 2. The molecule has 0 aliphatic carbocycles. The third kappa shape index (κ3) is 7.35. The highest BCUT2D eigenvalue weighted by molar-refractivity contribution is 8.01. The van der Waals surface area contributed by atoms with E-state index in [-0.39, 0.29) is 17.4 Å². The van der Waals surface area contributed by atoms with Gasteiger partial charge in [-0.3, -0.25) is 14.5 Å². The number of halogens is 2. The van der Waals surface area contributed by atoms with Crippen LogP contribution in [0.3, 0.4) is 0 Å². The zero-order chi connectivity index (χ0) is 30.7. The maximum atomic E-state index is 13.0. The standard InChI is InChI=1S/C28H23Cl2N3O6S4/c29-16-3-4-19(30)21(10-16)42-14-22(34)31-23-25(35)33-24(28(38)39)15(13-43-26(23)33)12-41-17-5-7-32(8-6-17)20(27(36)37)11-18-2-1-9-40-18/h1-10,20,23,26H,11-14H2,(H2-,31,34,36,37,38,39)/t20-,23+,26+/m0/s1. The molecule has 43 heavy (non-hydrogen) atoms. The Morgan fingerprint density at radius 1 is 1.16 bits per heavy atom. The van der Waals surface area contributed by atoms with Crippen molar-refractivity contribution in [3.8, 4) is 0 Å². The molecular formula is C28H23Cl2N3O6S4. The number of β-lactam (4-membered cyclic amide) rings is 1. The second-order valence-electron chi connectivity index (χ2n) is 9.46. The first-order valence-electron chi connectivity index (χ1n) is 12.8. The number of benzene rings is 1. The summed E-state index contributed by atoms with van der Waals surface area (Å²) in [4.78, 5) is 53.2. The molecule has 1 aromatic carbocycles. The third-order valence-corrected chi connectivity index (χ3v) is 11.7. The van der Waals surface area contributed by atoms with Crippen molar-refractivity contribution in [2.45, 2.75) is 33.7 Å². The summed E-state index contributed by atoms with van der Waals surface area (Å²) in [6.45, 7) is 0. The second kappa shape index (κ2) is 14.0. The van der Waals surface area contributed by atoms with Gasteiger partial charge in [-0.05, 0) is 35.2 Å². The fraction of sp³-hybridized carbons (Fsp3) is 0.250. The molecule has 15 heteroatoms. The summed E-state index contributed by atoms with van der Waals surface area (Å²) in [5.74, 6) is -2.52. The van der Waals surface area contributed by atoms with Crippen LogP contribution in [-0.2, 0) is 25.6 Å². The summed E-state index contributed by atoms with van der Waals surface area (Å²) in [6.07, 6.45) is 3.64. The number of aliphatic carboxylic acids is 2. The van der Waals surface area contributed by atoms with Crippen molar-refractivity contribution in [3.05, 3.63) is 86.4 Å². The van der Waals surface area contributed by atoms with Gasteiger partial charge in [0.05, 0.1) is 10.8 Å². The van der Waals surface area contributed by atoms with Crippen molar-refractivity contribution in [2.24, 2.45) is 0 Å². The van der Waals surface area contributed by atoms with E-state index in [0.29, 0.717) is 38.4 Å². The molecule has 0 bridgehead atoms. The quantitative estimate of drug-likeness (QED) is 0.166. The first-order valence-corrected chi connectivity index (χ1v) is 17.4. The number of fused-ring (bicyclic) bond motifs is 1. The Morgan fingerprint density at radius 2 is 1.93 bits per heavy atom. The van der Waals surface area contributed by atoms with E-state index in [1.54, 1.807) is 47.3 Å². The average molecular weight is 697 g/mol. The molecule has 1 fully saturated rings. The Morgan fingerprint density at radius 3 is 2.60 bits per heavy atom. The first kappa shape index (κ1) is 31.7. The molecular weight excluding hydrogens is 673 g/mol. The maximum absolute atomic E-state index is 13.0. The number of nitrogens with one attached hydrogen (secondary N) is 1. The third-order valence-electron chi connectivity index (χ3n) is 6.66. The summed E-state index contributed by atoms with van der Waals surface area (Å²) < 4.78 is 1.58. The van der Waals surface area contributed by atoms with E-state index < -0.39 is 35.3 Å². The minimum Gasteiger partial charge on any atom is -0.543 e.